The lowest BCUT2D eigenvalue weighted by molar-refractivity contribution is 0.0600. The van der Waals surface area contributed by atoms with Crippen LogP contribution in [0.2, 0.25) is 0 Å². The first-order chi connectivity index (χ1) is 9.76. The lowest BCUT2D eigenvalue weighted by Gasteiger charge is -2.19. The minimum atomic E-state index is -0.346. The molecule has 5 nitrogen and oxygen atoms in total. The lowest BCUT2D eigenvalue weighted by Crippen LogP contribution is -2.13. The summed E-state index contributed by atoms with van der Waals surface area (Å²) in [5.41, 5.74) is 1.21. The van der Waals surface area contributed by atoms with Crippen molar-refractivity contribution >= 4 is 23.4 Å². The maximum Gasteiger partial charge on any atom is 0.338 e. The summed E-state index contributed by atoms with van der Waals surface area (Å²) in [5, 5.41) is 4.48. The number of carbonyl (C=O) groups is 1. The summed E-state index contributed by atoms with van der Waals surface area (Å²) < 4.78 is 6.44. The summed E-state index contributed by atoms with van der Waals surface area (Å²) in [6.07, 6.45) is 5.17. The molecular formula is C14H17N3O2S. The Balaban J connectivity index is 1.81. The van der Waals surface area contributed by atoms with Gasteiger partial charge in [0.1, 0.15) is 0 Å². The highest BCUT2D eigenvalue weighted by molar-refractivity contribution is 7.99. The molecule has 3 rings (SSSR count). The van der Waals surface area contributed by atoms with Crippen LogP contribution in [0.4, 0.5) is 0 Å². The molecule has 0 radical (unpaired) electrons. The minimum absolute atomic E-state index is 0.346. The first-order valence-corrected chi connectivity index (χ1v) is 7.93. The molecule has 3 heterocycles. The van der Waals surface area contributed by atoms with E-state index in [9.17, 15) is 4.79 Å². The van der Waals surface area contributed by atoms with Crippen LogP contribution in [0.5, 0.6) is 0 Å². The largest absolute Gasteiger partial charge is 0.465 e. The van der Waals surface area contributed by atoms with Crippen molar-refractivity contribution in [1.29, 1.82) is 0 Å². The molecule has 0 atom stereocenters. The predicted octanol–water partition coefficient (Wildman–Crippen LogP) is 2.20. The number of hydrogen-bond acceptors (Lipinski definition) is 5. The molecule has 1 aliphatic heterocycles. The number of aromatic nitrogens is 3. The van der Waals surface area contributed by atoms with Gasteiger partial charge in [-0.2, -0.15) is 16.9 Å². The molecule has 2 aromatic rings. The minimum Gasteiger partial charge on any atom is -0.465 e. The van der Waals surface area contributed by atoms with Crippen LogP contribution in [0.15, 0.2) is 18.3 Å². The molecule has 0 N–H and O–H groups in total. The summed E-state index contributed by atoms with van der Waals surface area (Å²) in [7, 11) is 1.38. The van der Waals surface area contributed by atoms with E-state index in [1.807, 2.05) is 11.8 Å². The van der Waals surface area contributed by atoms with E-state index < -0.39 is 0 Å². The fourth-order valence-electron chi connectivity index (χ4n) is 2.47. The van der Waals surface area contributed by atoms with Crippen LogP contribution in [0, 0.1) is 5.92 Å². The van der Waals surface area contributed by atoms with E-state index in [2.05, 4.69) is 10.1 Å². The third-order valence-electron chi connectivity index (χ3n) is 3.61. The fourth-order valence-corrected chi connectivity index (χ4v) is 3.67. The highest BCUT2D eigenvalue weighted by Gasteiger charge is 2.17. The molecule has 0 unspecified atom stereocenters. The van der Waals surface area contributed by atoms with Crippen LogP contribution >= 0.6 is 11.8 Å². The average Bonchev–Trinajstić information content (AvgIpc) is 2.88. The van der Waals surface area contributed by atoms with Gasteiger partial charge in [-0.3, -0.25) is 0 Å². The van der Waals surface area contributed by atoms with Crippen molar-refractivity contribution in [3.8, 4) is 0 Å². The SMILES string of the molecule is COC(=O)c1ccn2nc(CC3CCSCC3)nc2c1. The second kappa shape index (κ2) is 5.83. The Labute approximate surface area is 121 Å². The quantitative estimate of drug-likeness (QED) is 0.811. The molecule has 0 aromatic carbocycles. The Bertz CT molecular complexity index is 620. The number of rotatable bonds is 3. The molecule has 1 aliphatic rings. The molecule has 0 amide bonds. The van der Waals surface area contributed by atoms with Gasteiger partial charge in [-0.1, -0.05) is 0 Å². The van der Waals surface area contributed by atoms with Gasteiger partial charge in [0.25, 0.3) is 0 Å². The second-order valence-corrected chi connectivity index (χ2v) is 6.22. The first kappa shape index (κ1) is 13.4. The van der Waals surface area contributed by atoms with Gasteiger partial charge in [0.15, 0.2) is 11.5 Å². The highest BCUT2D eigenvalue weighted by atomic mass is 32.2. The van der Waals surface area contributed by atoms with Crippen molar-refractivity contribution in [3.63, 3.8) is 0 Å². The smallest absolute Gasteiger partial charge is 0.338 e. The molecule has 0 spiro atoms. The maximum atomic E-state index is 11.5. The van der Waals surface area contributed by atoms with E-state index in [1.54, 1.807) is 22.8 Å². The molecule has 6 heteroatoms. The van der Waals surface area contributed by atoms with Gasteiger partial charge in [0.05, 0.1) is 12.7 Å². The molecule has 20 heavy (non-hydrogen) atoms. The van der Waals surface area contributed by atoms with E-state index in [0.29, 0.717) is 17.1 Å². The van der Waals surface area contributed by atoms with E-state index in [1.165, 1.54) is 31.5 Å². The van der Waals surface area contributed by atoms with Crippen LogP contribution in [-0.4, -0.2) is 39.2 Å². The number of methoxy groups -OCH3 is 1. The topological polar surface area (TPSA) is 56.5 Å². The Morgan fingerprint density at radius 1 is 1.50 bits per heavy atom. The van der Waals surface area contributed by atoms with Crippen molar-refractivity contribution in [2.24, 2.45) is 5.92 Å². The normalized spacial score (nSPS) is 16.4. The van der Waals surface area contributed by atoms with Gasteiger partial charge in [0.2, 0.25) is 0 Å². The number of ether oxygens (including phenoxy) is 1. The van der Waals surface area contributed by atoms with Gasteiger partial charge in [-0.25, -0.2) is 14.3 Å². The number of thioether (sulfide) groups is 1. The number of fused-ring (bicyclic) bond motifs is 1. The van der Waals surface area contributed by atoms with Gasteiger partial charge in [-0.05, 0) is 42.4 Å². The third kappa shape index (κ3) is 2.80. The highest BCUT2D eigenvalue weighted by Crippen LogP contribution is 2.25. The van der Waals surface area contributed by atoms with Gasteiger partial charge in [0, 0.05) is 12.6 Å². The number of nitrogens with zero attached hydrogens (tertiary/aromatic N) is 3. The van der Waals surface area contributed by atoms with Crippen molar-refractivity contribution < 1.29 is 9.53 Å². The predicted molar refractivity (Wildman–Crippen MR) is 78.1 cm³/mol. The molecule has 1 fully saturated rings. The van der Waals surface area contributed by atoms with Crippen LogP contribution in [0.25, 0.3) is 5.65 Å². The Kier molecular flexibility index (Phi) is 3.91. The van der Waals surface area contributed by atoms with Crippen molar-refractivity contribution in [1.82, 2.24) is 14.6 Å². The number of carbonyl (C=O) groups excluding carboxylic acids is 1. The third-order valence-corrected chi connectivity index (χ3v) is 4.66. The molecule has 0 aliphatic carbocycles. The molecule has 1 saturated heterocycles. The number of hydrogen-bond donors (Lipinski definition) is 0. The van der Waals surface area contributed by atoms with Crippen LogP contribution in [0.3, 0.4) is 0 Å². The molecule has 0 saturated carbocycles. The lowest BCUT2D eigenvalue weighted by atomic mass is 9.99. The van der Waals surface area contributed by atoms with Gasteiger partial charge < -0.3 is 4.74 Å². The molecule has 2 aromatic heterocycles. The van der Waals surface area contributed by atoms with E-state index in [4.69, 9.17) is 4.74 Å². The number of pyridine rings is 1. The zero-order valence-corrected chi connectivity index (χ0v) is 12.2. The Morgan fingerprint density at radius 2 is 2.30 bits per heavy atom. The summed E-state index contributed by atoms with van der Waals surface area (Å²) in [6, 6.07) is 3.42. The van der Waals surface area contributed by atoms with Crippen molar-refractivity contribution in [2.75, 3.05) is 18.6 Å². The monoisotopic (exact) mass is 291 g/mol. The summed E-state index contributed by atoms with van der Waals surface area (Å²) in [4.78, 5) is 16.0. The van der Waals surface area contributed by atoms with Crippen LogP contribution in [0.1, 0.15) is 29.0 Å². The van der Waals surface area contributed by atoms with Crippen molar-refractivity contribution in [2.45, 2.75) is 19.3 Å². The first-order valence-electron chi connectivity index (χ1n) is 6.77. The molecule has 0 bridgehead atoms. The van der Waals surface area contributed by atoms with Gasteiger partial charge >= 0.3 is 5.97 Å². The number of esters is 1. The van der Waals surface area contributed by atoms with E-state index in [0.717, 1.165) is 12.2 Å². The standard InChI is InChI=1S/C14H17N3O2S/c1-19-14(18)11-2-5-17-13(9-11)15-12(16-17)8-10-3-6-20-7-4-10/h2,5,9-10H,3-4,6-8H2,1H3. The molecule has 106 valence electrons. The maximum absolute atomic E-state index is 11.5. The zero-order chi connectivity index (χ0) is 13.9. The zero-order valence-electron chi connectivity index (χ0n) is 11.4. The average molecular weight is 291 g/mol. The van der Waals surface area contributed by atoms with E-state index in [-0.39, 0.29) is 5.97 Å². The van der Waals surface area contributed by atoms with Crippen molar-refractivity contribution in [3.05, 3.63) is 29.7 Å². The summed E-state index contributed by atoms with van der Waals surface area (Å²) in [5.74, 6) is 3.69. The Morgan fingerprint density at radius 3 is 3.05 bits per heavy atom. The van der Waals surface area contributed by atoms with E-state index >= 15 is 0 Å². The Hall–Kier alpha value is -1.56. The van der Waals surface area contributed by atoms with Crippen LogP contribution < -0.4 is 0 Å². The molecular weight excluding hydrogens is 274 g/mol. The second-order valence-electron chi connectivity index (χ2n) is 5.00. The summed E-state index contributed by atoms with van der Waals surface area (Å²) in [6.45, 7) is 0. The summed E-state index contributed by atoms with van der Waals surface area (Å²) >= 11 is 2.02. The fraction of sp³-hybridized carbons (Fsp3) is 0.500. The van der Waals surface area contributed by atoms with Gasteiger partial charge in [-0.15, -0.1) is 0 Å². The van der Waals surface area contributed by atoms with Crippen LogP contribution in [-0.2, 0) is 11.2 Å².